The number of hydrogen-bond donors (Lipinski definition) is 3. The lowest BCUT2D eigenvalue weighted by Crippen LogP contribution is -2.30. The molecule has 0 aliphatic heterocycles. The van der Waals surface area contributed by atoms with E-state index in [1.54, 1.807) is 55.6 Å². The average molecular weight is 458 g/mol. The highest BCUT2D eigenvalue weighted by Gasteiger charge is 2.23. The molecular weight excluding hydrogens is 433 g/mol. The Morgan fingerprint density at radius 1 is 1.03 bits per heavy atom. The fraction of sp³-hybridized carbons (Fsp3) is 0.167. The lowest BCUT2D eigenvalue weighted by atomic mass is 10.0. The Labute approximate surface area is 192 Å². The van der Waals surface area contributed by atoms with Gasteiger partial charge in [0.15, 0.2) is 6.10 Å². The van der Waals surface area contributed by atoms with Gasteiger partial charge in [-0.3, -0.25) is 10.2 Å². The second-order valence-electron chi connectivity index (χ2n) is 6.91. The lowest BCUT2D eigenvalue weighted by Gasteiger charge is -2.17. The minimum atomic E-state index is -1.08. The number of halogens is 2. The van der Waals surface area contributed by atoms with Crippen LogP contribution < -0.4 is 15.8 Å². The van der Waals surface area contributed by atoms with Crippen LogP contribution in [0, 0.1) is 11.2 Å². The molecule has 8 heteroatoms. The fourth-order valence-corrected chi connectivity index (χ4v) is 3.16. The van der Waals surface area contributed by atoms with Gasteiger partial charge >= 0.3 is 0 Å². The van der Waals surface area contributed by atoms with E-state index in [9.17, 15) is 9.18 Å². The van der Waals surface area contributed by atoms with Gasteiger partial charge in [-0.05, 0) is 34.9 Å². The Bertz CT molecular complexity index is 1070. The summed E-state index contributed by atoms with van der Waals surface area (Å²) in [6.07, 6.45) is -1.08. The lowest BCUT2D eigenvalue weighted by molar-refractivity contribution is -0.131. The van der Waals surface area contributed by atoms with Crippen LogP contribution in [-0.4, -0.2) is 26.0 Å². The molecule has 0 saturated carbocycles. The molecule has 0 aromatic heterocycles. The van der Waals surface area contributed by atoms with Gasteiger partial charge in [0.1, 0.15) is 17.4 Å². The van der Waals surface area contributed by atoms with Crippen LogP contribution in [0.1, 0.15) is 22.8 Å². The number of amides is 1. The standard InChI is InChI=1S/C24H24FN3O3.ClH/c1-30-19-10-7-16(8-11-19)18-9-12-20(21(25)13-18)22(31-2)24(29)28-14-15-3-5-17(6-4-15)23(26)27;/h3-13,22H,14H2,1-2H3,(H3,26,27)(H,28,29);1H. The van der Waals surface area contributed by atoms with Crippen molar-refractivity contribution in [2.24, 2.45) is 5.73 Å². The zero-order chi connectivity index (χ0) is 22.4. The number of carbonyl (C=O) groups is 1. The van der Waals surface area contributed by atoms with Crippen LogP contribution in [0.15, 0.2) is 66.7 Å². The van der Waals surface area contributed by atoms with Gasteiger partial charge in [0.25, 0.3) is 5.91 Å². The van der Waals surface area contributed by atoms with Crippen LogP contribution in [0.5, 0.6) is 5.75 Å². The summed E-state index contributed by atoms with van der Waals surface area (Å²) >= 11 is 0. The minimum Gasteiger partial charge on any atom is -0.497 e. The summed E-state index contributed by atoms with van der Waals surface area (Å²) in [5.41, 5.74) is 8.54. The van der Waals surface area contributed by atoms with E-state index in [1.807, 2.05) is 12.1 Å². The van der Waals surface area contributed by atoms with Gasteiger partial charge in [-0.25, -0.2) is 4.39 Å². The Hall–Kier alpha value is -3.42. The molecule has 3 aromatic carbocycles. The molecule has 0 heterocycles. The first-order valence-electron chi connectivity index (χ1n) is 9.60. The van der Waals surface area contributed by atoms with Crippen LogP contribution in [0.25, 0.3) is 11.1 Å². The second kappa shape index (κ2) is 11.3. The van der Waals surface area contributed by atoms with Gasteiger partial charge in [-0.1, -0.05) is 48.5 Å². The van der Waals surface area contributed by atoms with Crippen molar-refractivity contribution in [2.75, 3.05) is 14.2 Å². The van der Waals surface area contributed by atoms with E-state index in [1.165, 1.54) is 13.2 Å². The highest BCUT2D eigenvalue weighted by atomic mass is 35.5. The van der Waals surface area contributed by atoms with E-state index < -0.39 is 17.8 Å². The predicted octanol–water partition coefficient (Wildman–Crippen LogP) is 4.21. The Kier molecular flexibility index (Phi) is 8.75. The Morgan fingerprint density at radius 3 is 2.19 bits per heavy atom. The summed E-state index contributed by atoms with van der Waals surface area (Å²) < 4.78 is 25.3. The third kappa shape index (κ3) is 5.84. The molecule has 0 aliphatic carbocycles. The average Bonchev–Trinajstić information content (AvgIpc) is 2.79. The smallest absolute Gasteiger partial charge is 0.254 e. The van der Waals surface area contributed by atoms with Crippen LogP contribution in [0.4, 0.5) is 4.39 Å². The number of benzene rings is 3. The molecule has 3 rings (SSSR count). The normalized spacial score (nSPS) is 11.2. The van der Waals surface area contributed by atoms with Crippen molar-refractivity contribution in [2.45, 2.75) is 12.6 Å². The molecule has 168 valence electrons. The SMILES string of the molecule is COc1ccc(-c2ccc(C(OC)C(=O)NCc3ccc(C(=N)N)cc3)c(F)c2)cc1.Cl. The monoisotopic (exact) mass is 457 g/mol. The van der Waals surface area contributed by atoms with E-state index in [0.717, 1.165) is 11.1 Å². The summed E-state index contributed by atoms with van der Waals surface area (Å²) in [7, 11) is 2.95. The number of nitrogens with one attached hydrogen (secondary N) is 2. The zero-order valence-corrected chi connectivity index (χ0v) is 18.5. The Balaban J connectivity index is 0.00000363. The van der Waals surface area contributed by atoms with Crippen molar-refractivity contribution in [1.82, 2.24) is 5.32 Å². The maximum atomic E-state index is 14.8. The summed E-state index contributed by atoms with van der Waals surface area (Å²) in [5, 5.41) is 10.2. The molecule has 0 fully saturated rings. The number of hydrogen-bond acceptors (Lipinski definition) is 4. The number of methoxy groups -OCH3 is 2. The second-order valence-corrected chi connectivity index (χ2v) is 6.91. The molecule has 3 aromatic rings. The largest absolute Gasteiger partial charge is 0.497 e. The topological polar surface area (TPSA) is 97.4 Å². The van der Waals surface area contributed by atoms with E-state index in [2.05, 4.69) is 5.32 Å². The zero-order valence-electron chi connectivity index (χ0n) is 17.7. The van der Waals surface area contributed by atoms with Crippen molar-refractivity contribution in [3.63, 3.8) is 0 Å². The third-order valence-electron chi connectivity index (χ3n) is 4.91. The molecule has 1 amide bonds. The first kappa shape index (κ1) is 24.8. The molecule has 6 nitrogen and oxygen atoms in total. The predicted molar refractivity (Wildman–Crippen MR) is 125 cm³/mol. The van der Waals surface area contributed by atoms with Crippen LogP contribution in [0.3, 0.4) is 0 Å². The molecule has 0 bridgehead atoms. The van der Waals surface area contributed by atoms with Crippen LogP contribution in [-0.2, 0) is 16.1 Å². The number of rotatable bonds is 8. The third-order valence-corrected chi connectivity index (χ3v) is 4.91. The van der Waals surface area contributed by atoms with Gasteiger partial charge in [-0.2, -0.15) is 0 Å². The fourth-order valence-electron chi connectivity index (χ4n) is 3.16. The molecular formula is C24H25ClFN3O3. The van der Waals surface area contributed by atoms with Crippen molar-refractivity contribution < 1.29 is 18.7 Å². The maximum absolute atomic E-state index is 14.8. The first-order valence-corrected chi connectivity index (χ1v) is 9.60. The number of nitrogen functional groups attached to an aromatic ring is 1. The maximum Gasteiger partial charge on any atom is 0.254 e. The molecule has 4 N–H and O–H groups in total. The quantitative estimate of drug-likeness (QED) is 0.348. The van der Waals surface area contributed by atoms with Gasteiger partial charge in [-0.15, -0.1) is 12.4 Å². The molecule has 32 heavy (non-hydrogen) atoms. The number of carbonyl (C=O) groups excluding carboxylic acids is 1. The summed E-state index contributed by atoms with van der Waals surface area (Å²) in [5.74, 6) is -0.285. The van der Waals surface area contributed by atoms with Gasteiger partial charge in [0.05, 0.1) is 7.11 Å². The summed E-state index contributed by atoms with van der Waals surface area (Å²) in [6, 6.07) is 18.9. The van der Waals surface area contributed by atoms with E-state index in [4.69, 9.17) is 20.6 Å². The van der Waals surface area contributed by atoms with E-state index in [0.29, 0.717) is 16.9 Å². The van der Waals surface area contributed by atoms with Crippen molar-refractivity contribution in [3.8, 4) is 16.9 Å². The van der Waals surface area contributed by atoms with E-state index >= 15 is 0 Å². The minimum absolute atomic E-state index is 0. The summed E-state index contributed by atoms with van der Waals surface area (Å²) in [6.45, 7) is 0.239. The van der Waals surface area contributed by atoms with Gasteiger partial charge < -0.3 is 20.5 Å². The molecule has 0 radical (unpaired) electrons. The van der Waals surface area contributed by atoms with Gasteiger partial charge in [0.2, 0.25) is 0 Å². The molecule has 1 unspecified atom stereocenters. The highest BCUT2D eigenvalue weighted by Crippen LogP contribution is 2.28. The van der Waals surface area contributed by atoms with Gasteiger partial charge in [0, 0.05) is 24.8 Å². The molecule has 0 spiro atoms. The molecule has 1 atom stereocenters. The van der Waals surface area contributed by atoms with Crippen LogP contribution in [0.2, 0.25) is 0 Å². The van der Waals surface area contributed by atoms with Crippen molar-refractivity contribution >= 4 is 24.1 Å². The highest BCUT2D eigenvalue weighted by molar-refractivity contribution is 5.94. The van der Waals surface area contributed by atoms with E-state index in [-0.39, 0.29) is 30.4 Å². The first-order chi connectivity index (χ1) is 14.9. The number of nitrogens with two attached hydrogens (primary N) is 1. The van der Waals surface area contributed by atoms with Crippen LogP contribution >= 0.6 is 12.4 Å². The number of ether oxygens (including phenoxy) is 2. The van der Waals surface area contributed by atoms with Crippen molar-refractivity contribution in [1.29, 1.82) is 5.41 Å². The molecule has 0 aliphatic rings. The van der Waals surface area contributed by atoms with Crippen molar-refractivity contribution in [3.05, 3.63) is 89.2 Å². The Morgan fingerprint density at radius 2 is 1.66 bits per heavy atom. The number of amidine groups is 1. The summed E-state index contributed by atoms with van der Waals surface area (Å²) in [4.78, 5) is 12.6. The molecule has 0 saturated heterocycles.